The van der Waals surface area contributed by atoms with Crippen LogP contribution in [-0.2, 0) is 59.9 Å². The maximum Gasteiger partial charge on any atom is 1.00 e. The number of allylic oxidation sites excluding steroid dienone is 12. The van der Waals surface area contributed by atoms with E-state index < -0.39 is 99.2 Å². The Balaban J connectivity index is -0.00000703. The Hall–Kier alpha value is 1.74. The minimum atomic E-state index is -6.10. The zero-order valence-corrected chi connectivity index (χ0v) is 58.9. The third-order valence-electron chi connectivity index (χ3n) is 11.3. The number of rotatable bonds is 44. The molecule has 79 heavy (non-hydrogen) atoms. The second kappa shape index (κ2) is 51.8. The molecule has 0 heterocycles. The Bertz CT molecular complexity index is 1920. The molecule has 0 aromatic rings. The number of phosphoric acid groups is 4. The zero-order valence-electron chi connectivity index (χ0n) is 47.3. The molecule has 0 aromatic heterocycles. The average molecular weight is 1240 g/mol. The first-order valence-corrected chi connectivity index (χ1v) is 31.8. The summed E-state index contributed by atoms with van der Waals surface area (Å²) in [6, 6.07) is 0. The van der Waals surface area contributed by atoms with Crippen LogP contribution in [0.5, 0.6) is 0 Å². The van der Waals surface area contributed by atoms with Gasteiger partial charge in [-0.15, -0.1) is 0 Å². The van der Waals surface area contributed by atoms with E-state index in [2.05, 4.69) is 70.0 Å². The van der Waals surface area contributed by atoms with E-state index in [1.807, 2.05) is 24.3 Å². The van der Waals surface area contributed by atoms with Gasteiger partial charge < -0.3 is 76.6 Å². The van der Waals surface area contributed by atoms with Crippen LogP contribution in [0, 0.1) is 0 Å². The van der Waals surface area contributed by atoms with Crippen LogP contribution in [0.2, 0.25) is 0 Å². The molecule has 5 N–H and O–H groups in total. The number of unbranched alkanes of at least 4 members (excludes halogenated alkanes) is 14. The molecule has 11 atom stereocenters. The maximum absolute atomic E-state index is 13.2. The number of aliphatic hydroxyl groups is 2. The van der Waals surface area contributed by atoms with Crippen molar-refractivity contribution in [2.24, 2.45) is 0 Å². The predicted molar refractivity (Wildman–Crippen MR) is 272 cm³/mol. The normalized spacial score (nSPS) is 22.1. The van der Waals surface area contributed by atoms with Crippen molar-refractivity contribution in [2.75, 3.05) is 13.2 Å². The second-order valence-electron chi connectivity index (χ2n) is 17.9. The Kier molecular flexibility index (Phi) is 57.1. The summed E-state index contributed by atoms with van der Waals surface area (Å²) in [7, 11) is -24.3. The summed E-state index contributed by atoms with van der Waals surface area (Å²) in [4.78, 5) is 101. The van der Waals surface area contributed by atoms with Crippen molar-refractivity contribution in [3.05, 3.63) is 72.9 Å². The largest absolute Gasteiger partial charge is 1.00 e. The fourth-order valence-corrected chi connectivity index (χ4v) is 10.2. The van der Waals surface area contributed by atoms with Gasteiger partial charge in [-0.05, 0) is 51.4 Å². The molecule has 1 fully saturated rings. The first-order valence-electron chi connectivity index (χ1n) is 25.9. The van der Waals surface area contributed by atoms with E-state index in [0.29, 0.717) is 12.8 Å². The fraction of sp³-hybridized carbons (Fsp3) is 0.714. The molecular weight excluding hydrogens is 1160 g/mol. The van der Waals surface area contributed by atoms with Gasteiger partial charge in [0.1, 0.15) is 43.2 Å². The Labute approximate surface area is 556 Å². The number of carbonyl (C=O) groups is 2. The van der Waals surface area contributed by atoms with Crippen molar-refractivity contribution in [3.63, 3.8) is 0 Å². The molecule has 0 saturated heterocycles. The molecule has 1 saturated carbocycles. The van der Waals surface area contributed by atoms with E-state index in [-0.39, 0.29) is 137 Å². The Morgan fingerprint density at radius 3 is 1.19 bits per heavy atom. The summed E-state index contributed by atoms with van der Waals surface area (Å²) in [6.07, 6.45) is 26.9. The first-order chi connectivity index (χ1) is 35.5. The van der Waals surface area contributed by atoms with Crippen molar-refractivity contribution in [3.8, 4) is 0 Å². The number of phosphoric ester groups is 4. The van der Waals surface area contributed by atoms with Gasteiger partial charge in [0.15, 0.2) is 6.10 Å². The van der Waals surface area contributed by atoms with Gasteiger partial charge in [-0.1, -0.05) is 177 Å². The molecule has 6 unspecified atom stereocenters. The smallest absolute Gasteiger partial charge is 0.756 e. The number of aliphatic hydroxyl groups excluding tert-OH is 2. The summed E-state index contributed by atoms with van der Waals surface area (Å²) in [5, 5.41) is 21.7. The maximum atomic E-state index is 13.2. The molecular formula is C49H82Na4O22P4. The molecule has 0 spiro atoms. The Morgan fingerprint density at radius 1 is 0.456 bits per heavy atom. The van der Waals surface area contributed by atoms with E-state index in [0.717, 1.165) is 64.2 Å². The molecule has 30 heteroatoms. The number of hydrogen-bond acceptors (Lipinski definition) is 19. The van der Waals surface area contributed by atoms with Crippen LogP contribution in [0.1, 0.15) is 168 Å². The summed E-state index contributed by atoms with van der Waals surface area (Å²) >= 11 is 0. The van der Waals surface area contributed by atoms with Gasteiger partial charge in [0.25, 0.3) is 31.3 Å². The minimum Gasteiger partial charge on any atom is -0.756 e. The molecule has 0 amide bonds. The molecule has 22 nitrogen and oxygen atoms in total. The zero-order chi connectivity index (χ0) is 56.0. The Morgan fingerprint density at radius 2 is 0.810 bits per heavy atom. The quantitative estimate of drug-likeness (QED) is 0.0126. The van der Waals surface area contributed by atoms with E-state index >= 15 is 0 Å². The molecule has 0 aromatic carbocycles. The van der Waals surface area contributed by atoms with Crippen LogP contribution in [0.3, 0.4) is 0 Å². The number of ether oxygens (including phenoxy) is 2. The van der Waals surface area contributed by atoms with Crippen molar-refractivity contribution < 1.29 is 223 Å². The van der Waals surface area contributed by atoms with E-state index in [9.17, 15) is 72.3 Å². The summed E-state index contributed by atoms with van der Waals surface area (Å²) < 4.78 is 80.7. The third-order valence-corrected chi connectivity index (χ3v) is 13.7. The number of hydrogen-bond donors (Lipinski definition) is 5. The van der Waals surface area contributed by atoms with Gasteiger partial charge >= 0.3 is 130 Å². The van der Waals surface area contributed by atoms with Crippen molar-refractivity contribution in [1.29, 1.82) is 0 Å². The molecule has 434 valence electrons. The van der Waals surface area contributed by atoms with Crippen molar-refractivity contribution in [2.45, 2.75) is 211 Å². The van der Waals surface area contributed by atoms with Crippen molar-refractivity contribution in [1.82, 2.24) is 0 Å². The molecule has 1 rings (SSSR count). The first kappa shape index (κ1) is 87.2. The van der Waals surface area contributed by atoms with E-state index in [1.54, 1.807) is 6.08 Å². The van der Waals surface area contributed by atoms with Crippen LogP contribution in [0.25, 0.3) is 0 Å². The fourth-order valence-electron chi connectivity index (χ4n) is 7.56. The molecule has 0 aliphatic heterocycles. The second-order valence-corrected chi connectivity index (χ2v) is 22.7. The van der Waals surface area contributed by atoms with Crippen LogP contribution >= 0.6 is 31.3 Å². The van der Waals surface area contributed by atoms with Gasteiger partial charge in [0, 0.05) is 12.8 Å². The van der Waals surface area contributed by atoms with Gasteiger partial charge in [-0.25, -0.2) is 0 Å². The van der Waals surface area contributed by atoms with Gasteiger partial charge in [0.05, 0.1) is 6.61 Å². The average Bonchev–Trinajstić information content (AvgIpc) is 3.32. The summed E-state index contributed by atoms with van der Waals surface area (Å²) in [5.41, 5.74) is 0. The minimum absolute atomic E-state index is 0. The molecule has 1 aliphatic rings. The SMILES string of the molecule is CC/C=C\C/C=C\C/C=C\C/C=C\C/C=C\C/C=C\CCC(=O)O[C@H](COC(=O)CCCCCCCCCCCCCCCCC)COP(=O)([O-])OC1[C@H](O)[C@H](OP(=O)([O-])O)C(OP(=O)([O-])O)[C@H](OP(=O)([O-])O)[C@H]1O.[Na+].[Na+].[Na+].[Na+]. The number of esters is 2. The monoisotopic (exact) mass is 1240 g/mol. The van der Waals surface area contributed by atoms with Gasteiger partial charge in [0.2, 0.25) is 0 Å². The standard InChI is InChI=1S/C49H86O22P4.4Na/c1-3-5-7-9-11-13-15-17-19-20-21-22-24-26-28-30-32-34-36-38-43(51)67-41(39-65-42(50)37-35-33-31-29-27-25-23-18-16-14-12-10-8-6-4-2)40-66-75(63,64)71-46-44(52)47(68-72(54,55)56)49(70-74(60,61)62)48(45(46)53)69-73(57,58)59;;;;/h5,7,11,13,17,19,21-22,26,28,32,34,41,44-49,52-53H,3-4,6,8-10,12,14-16,18,20,23-25,27,29-31,33,35-40H2,1-2H3,(H,63,64)(H2,54,55,56)(H2,57,58,59)(H2,60,61,62);;;;/q;4*+1/p-4/b7-5-,13-11-,19-17-,22-21-,28-26-,34-32-;;;;/t41-,44+,45+,46?,47-,48+,49?;;;;/m1..../s1. The molecule has 0 bridgehead atoms. The van der Waals surface area contributed by atoms with Crippen LogP contribution < -0.4 is 138 Å². The van der Waals surface area contributed by atoms with Crippen LogP contribution in [0.15, 0.2) is 72.9 Å². The summed E-state index contributed by atoms with van der Waals surface area (Å²) in [6.45, 7) is 2.45. The third kappa shape index (κ3) is 49.4. The van der Waals surface area contributed by atoms with Gasteiger partial charge in [-0.2, -0.15) is 0 Å². The predicted octanol–water partition coefficient (Wildman–Crippen LogP) is -4.66. The van der Waals surface area contributed by atoms with Crippen LogP contribution in [0.4, 0.5) is 0 Å². The van der Waals surface area contributed by atoms with E-state index in [4.69, 9.17) is 18.5 Å². The topological polar surface area (TPSA) is 360 Å². The van der Waals surface area contributed by atoms with E-state index in [1.165, 1.54) is 57.8 Å². The molecule has 1 aliphatic carbocycles. The van der Waals surface area contributed by atoms with Gasteiger partial charge in [-0.3, -0.25) is 27.8 Å². The molecule has 0 radical (unpaired) electrons. The number of carbonyl (C=O) groups excluding carboxylic acids is 2. The summed E-state index contributed by atoms with van der Waals surface area (Å²) in [5.74, 6) is -1.57. The van der Waals surface area contributed by atoms with Crippen molar-refractivity contribution >= 4 is 43.2 Å². The van der Waals surface area contributed by atoms with Crippen LogP contribution in [-0.4, -0.2) is 92.8 Å².